The van der Waals surface area contributed by atoms with Gasteiger partial charge in [0.15, 0.2) is 0 Å². The largest absolute Gasteiger partial charge is 0.490 e. The Hall–Kier alpha value is -1.06. The van der Waals surface area contributed by atoms with Gasteiger partial charge >= 0.3 is 0 Å². The highest BCUT2D eigenvalue weighted by Crippen LogP contribution is 2.26. The molecule has 0 aliphatic carbocycles. The summed E-state index contributed by atoms with van der Waals surface area (Å²) in [6.45, 7) is 12.2. The van der Waals surface area contributed by atoms with Crippen LogP contribution in [0.25, 0.3) is 0 Å². The van der Waals surface area contributed by atoms with E-state index in [9.17, 15) is 0 Å². The zero-order valence-electron chi connectivity index (χ0n) is 14.0. The third-order valence-corrected chi connectivity index (χ3v) is 3.84. The Balaban J connectivity index is 2.00. The van der Waals surface area contributed by atoms with E-state index < -0.39 is 0 Å². The highest BCUT2D eigenvalue weighted by atomic mass is 16.5. The van der Waals surface area contributed by atoms with Crippen molar-refractivity contribution in [2.24, 2.45) is 0 Å². The summed E-state index contributed by atoms with van der Waals surface area (Å²) >= 11 is 0. The highest BCUT2D eigenvalue weighted by Gasteiger charge is 2.23. The number of benzene rings is 1. The maximum absolute atomic E-state index is 6.10. The van der Waals surface area contributed by atoms with Crippen molar-refractivity contribution in [1.82, 2.24) is 5.32 Å². The molecule has 0 bridgehead atoms. The van der Waals surface area contributed by atoms with Gasteiger partial charge in [-0.2, -0.15) is 0 Å². The van der Waals surface area contributed by atoms with Gasteiger partial charge < -0.3 is 14.8 Å². The fourth-order valence-electron chi connectivity index (χ4n) is 2.60. The minimum Gasteiger partial charge on any atom is -0.490 e. The molecule has 0 aromatic heterocycles. The van der Waals surface area contributed by atoms with Gasteiger partial charge in [0.2, 0.25) is 0 Å². The van der Waals surface area contributed by atoms with Crippen molar-refractivity contribution in [3.63, 3.8) is 0 Å². The third-order valence-electron chi connectivity index (χ3n) is 3.84. The van der Waals surface area contributed by atoms with Gasteiger partial charge in [-0.1, -0.05) is 18.2 Å². The Bertz CT molecular complexity index is 465. The molecule has 21 heavy (non-hydrogen) atoms. The molecule has 1 aliphatic rings. The van der Waals surface area contributed by atoms with E-state index in [0.717, 1.165) is 25.1 Å². The Morgan fingerprint density at radius 1 is 1.29 bits per heavy atom. The molecule has 3 heteroatoms. The maximum atomic E-state index is 6.10. The van der Waals surface area contributed by atoms with E-state index >= 15 is 0 Å². The summed E-state index contributed by atoms with van der Waals surface area (Å²) in [5.41, 5.74) is 2.51. The number of rotatable bonds is 5. The van der Waals surface area contributed by atoms with Gasteiger partial charge in [0, 0.05) is 17.6 Å². The van der Waals surface area contributed by atoms with E-state index in [0.29, 0.717) is 12.7 Å². The fraction of sp³-hybridized carbons (Fsp3) is 0.667. The summed E-state index contributed by atoms with van der Waals surface area (Å²) in [5, 5.41) is 3.53. The van der Waals surface area contributed by atoms with E-state index in [-0.39, 0.29) is 11.6 Å². The molecule has 2 rings (SSSR count). The predicted molar refractivity (Wildman–Crippen MR) is 86.8 cm³/mol. The standard InChI is InChI=1S/C18H29NO2/c1-13-7-6-8-15(11-19-18(3,4)5)17(13)20-12-16-10-9-14(2)21-16/h6-8,14,16,19H,9-12H2,1-5H3. The Kier molecular flexibility index (Phi) is 5.28. The molecule has 1 saturated heterocycles. The van der Waals surface area contributed by atoms with Gasteiger partial charge in [-0.25, -0.2) is 0 Å². The first-order valence-corrected chi connectivity index (χ1v) is 7.97. The zero-order chi connectivity index (χ0) is 15.5. The van der Waals surface area contributed by atoms with E-state index in [1.54, 1.807) is 0 Å². The van der Waals surface area contributed by atoms with Crippen LogP contribution in [-0.2, 0) is 11.3 Å². The second-order valence-corrected chi connectivity index (χ2v) is 7.12. The van der Waals surface area contributed by atoms with Crippen LogP contribution in [0.1, 0.15) is 51.7 Å². The van der Waals surface area contributed by atoms with Crippen molar-refractivity contribution < 1.29 is 9.47 Å². The molecular formula is C18H29NO2. The minimum atomic E-state index is 0.102. The first-order chi connectivity index (χ1) is 9.85. The molecule has 1 fully saturated rings. The molecular weight excluding hydrogens is 262 g/mol. The van der Waals surface area contributed by atoms with Crippen LogP contribution in [0.15, 0.2) is 18.2 Å². The van der Waals surface area contributed by atoms with Crippen molar-refractivity contribution in [2.45, 2.75) is 71.8 Å². The zero-order valence-corrected chi connectivity index (χ0v) is 14.0. The number of hydrogen-bond acceptors (Lipinski definition) is 3. The normalized spacial score (nSPS) is 22.5. The van der Waals surface area contributed by atoms with Gasteiger partial charge in [0.1, 0.15) is 12.4 Å². The smallest absolute Gasteiger partial charge is 0.126 e. The average molecular weight is 291 g/mol. The average Bonchev–Trinajstić information content (AvgIpc) is 2.80. The Morgan fingerprint density at radius 3 is 2.67 bits per heavy atom. The van der Waals surface area contributed by atoms with E-state index in [2.05, 4.69) is 58.1 Å². The van der Waals surface area contributed by atoms with Crippen LogP contribution in [0, 0.1) is 6.92 Å². The van der Waals surface area contributed by atoms with Gasteiger partial charge in [0.25, 0.3) is 0 Å². The first kappa shape index (κ1) is 16.3. The fourth-order valence-corrected chi connectivity index (χ4v) is 2.60. The lowest BCUT2D eigenvalue weighted by Crippen LogP contribution is -2.35. The van der Waals surface area contributed by atoms with Crippen molar-refractivity contribution >= 4 is 0 Å². The van der Waals surface area contributed by atoms with Gasteiger partial charge in [-0.3, -0.25) is 0 Å². The number of aryl methyl sites for hydroxylation is 1. The maximum Gasteiger partial charge on any atom is 0.126 e. The molecule has 1 heterocycles. The molecule has 0 spiro atoms. The number of nitrogens with one attached hydrogen (secondary N) is 1. The van der Waals surface area contributed by atoms with Crippen molar-refractivity contribution in [1.29, 1.82) is 0 Å². The SMILES string of the molecule is Cc1cccc(CNC(C)(C)C)c1OCC1CCC(C)O1. The highest BCUT2D eigenvalue weighted by molar-refractivity contribution is 5.40. The summed E-state index contributed by atoms with van der Waals surface area (Å²) in [6, 6.07) is 6.34. The topological polar surface area (TPSA) is 30.5 Å². The first-order valence-electron chi connectivity index (χ1n) is 7.97. The van der Waals surface area contributed by atoms with Gasteiger partial charge in [-0.05, 0) is 53.0 Å². The minimum absolute atomic E-state index is 0.102. The van der Waals surface area contributed by atoms with E-state index in [1.165, 1.54) is 11.1 Å². The molecule has 0 radical (unpaired) electrons. The number of para-hydroxylation sites is 1. The Morgan fingerprint density at radius 2 is 2.05 bits per heavy atom. The molecule has 1 aromatic rings. The van der Waals surface area contributed by atoms with Gasteiger partial charge in [-0.15, -0.1) is 0 Å². The summed E-state index contributed by atoms with van der Waals surface area (Å²) in [7, 11) is 0. The molecule has 1 aromatic carbocycles. The van der Waals surface area contributed by atoms with Crippen LogP contribution >= 0.6 is 0 Å². The molecule has 1 N–H and O–H groups in total. The van der Waals surface area contributed by atoms with E-state index in [1.807, 2.05) is 0 Å². The summed E-state index contributed by atoms with van der Waals surface area (Å²) < 4.78 is 11.9. The predicted octanol–water partition coefficient (Wildman–Crippen LogP) is 3.83. The lowest BCUT2D eigenvalue weighted by atomic mass is 10.1. The number of ether oxygens (including phenoxy) is 2. The monoisotopic (exact) mass is 291 g/mol. The third kappa shape index (κ3) is 5.01. The van der Waals surface area contributed by atoms with Gasteiger partial charge in [0.05, 0.1) is 12.2 Å². The van der Waals surface area contributed by atoms with E-state index in [4.69, 9.17) is 9.47 Å². The molecule has 118 valence electrons. The quantitative estimate of drug-likeness (QED) is 0.894. The van der Waals surface area contributed by atoms with Crippen LogP contribution in [0.2, 0.25) is 0 Å². The summed E-state index contributed by atoms with van der Waals surface area (Å²) in [5.74, 6) is 1.01. The lowest BCUT2D eigenvalue weighted by molar-refractivity contribution is 0.0260. The van der Waals surface area contributed by atoms with Crippen molar-refractivity contribution in [2.75, 3.05) is 6.61 Å². The van der Waals surface area contributed by atoms with Crippen LogP contribution in [-0.4, -0.2) is 24.4 Å². The molecule has 0 amide bonds. The second kappa shape index (κ2) is 6.80. The molecule has 2 unspecified atom stereocenters. The van der Waals surface area contributed by atoms with Crippen LogP contribution in [0.4, 0.5) is 0 Å². The molecule has 0 saturated carbocycles. The molecule has 3 nitrogen and oxygen atoms in total. The summed E-state index contributed by atoms with van der Waals surface area (Å²) in [6.07, 6.45) is 2.85. The van der Waals surface area contributed by atoms with Crippen LogP contribution in [0.3, 0.4) is 0 Å². The summed E-state index contributed by atoms with van der Waals surface area (Å²) in [4.78, 5) is 0. The lowest BCUT2D eigenvalue weighted by Gasteiger charge is -2.23. The second-order valence-electron chi connectivity index (χ2n) is 7.12. The Labute approximate surface area is 129 Å². The van der Waals surface area contributed by atoms with Crippen LogP contribution < -0.4 is 10.1 Å². The van der Waals surface area contributed by atoms with Crippen molar-refractivity contribution in [3.8, 4) is 5.75 Å². The van der Waals surface area contributed by atoms with Crippen molar-refractivity contribution in [3.05, 3.63) is 29.3 Å². The van der Waals surface area contributed by atoms with Crippen LogP contribution in [0.5, 0.6) is 5.75 Å². The number of hydrogen-bond donors (Lipinski definition) is 1. The molecule has 2 atom stereocenters. The molecule has 1 aliphatic heterocycles.